The molecule has 0 fully saturated rings. The molecule has 118 valence electrons. The van der Waals surface area contributed by atoms with Gasteiger partial charge in [-0.25, -0.2) is 0 Å². The molecule has 0 saturated heterocycles. The molecule has 0 aliphatic carbocycles. The van der Waals surface area contributed by atoms with Crippen molar-refractivity contribution in [1.29, 1.82) is 0 Å². The van der Waals surface area contributed by atoms with E-state index < -0.39 is 4.92 Å². The van der Waals surface area contributed by atoms with Crippen molar-refractivity contribution in [1.82, 2.24) is 0 Å². The Labute approximate surface area is 125 Å². The van der Waals surface area contributed by atoms with Gasteiger partial charge >= 0.3 is 5.69 Å². The molecule has 0 amide bonds. The molecule has 0 radical (unpaired) electrons. The second kappa shape index (κ2) is 9.18. The van der Waals surface area contributed by atoms with E-state index in [1.54, 1.807) is 6.07 Å². The van der Waals surface area contributed by atoms with E-state index in [9.17, 15) is 10.1 Å². The van der Waals surface area contributed by atoms with E-state index >= 15 is 0 Å². The largest absolute Gasteiger partial charge is 0.493 e. The number of nitrogens with two attached hydrogens (primary N) is 1. The lowest BCUT2D eigenvalue weighted by Crippen LogP contribution is -2.07. The maximum absolute atomic E-state index is 11.2. The van der Waals surface area contributed by atoms with E-state index in [0.29, 0.717) is 19.0 Å². The summed E-state index contributed by atoms with van der Waals surface area (Å²) in [5.41, 5.74) is 6.35. The Morgan fingerprint density at radius 1 is 1.10 bits per heavy atom. The summed E-state index contributed by atoms with van der Waals surface area (Å²) in [6.07, 6.45) is 3.71. The minimum absolute atomic E-state index is 0.0743. The zero-order chi connectivity index (χ0) is 15.7. The lowest BCUT2D eigenvalue weighted by atomic mass is 10.1. The number of unbranched alkanes of at least 4 members (excludes halogenated alkanes) is 2. The van der Waals surface area contributed by atoms with Gasteiger partial charge in [0.25, 0.3) is 0 Å². The van der Waals surface area contributed by atoms with Crippen LogP contribution in [0.1, 0.15) is 45.1 Å². The molecule has 0 spiro atoms. The van der Waals surface area contributed by atoms with E-state index in [2.05, 4.69) is 6.92 Å². The molecule has 0 aliphatic heterocycles. The average Bonchev–Trinajstić information content (AvgIpc) is 2.48. The van der Waals surface area contributed by atoms with E-state index in [1.807, 2.05) is 6.92 Å². The third-order valence-electron chi connectivity index (χ3n) is 3.07. The predicted octanol–water partition coefficient (Wildman–Crippen LogP) is 3.41. The first-order valence-corrected chi connectivity index (χ1v) is 7.41. The number of hydrogen-bond acceptors (Lipinski definition) is 5. The van der Waals surface area contributed by atoms with Gasteiger partial charge in [-0.05, 0) is 18.9 Å². The summed E-state index contributed by atoms with van der Waals surface area (Å²) in [6.45, 7) is 5.33. The van der Waals surface area contributed by atoms with Crippen molar-refractivity contribution in [2.24, 2.45) is 5.73 Å². The summed E-state index contributed by atoms with van der Waals surface area (Å²) in [4.78, 5) is 10.7. The van der Waals surface area contributed by atoms with Crippen LogP contribution in [0, 0.1) is 10.1 Å². The number of hydrogen-bond donors (Lipinski definition) is 1. The van der Waals surface area contributed by atoms with Crippen molar-refractivity contribution >= 4 is 5.69 Å². The van der Waals surface area contributed by atoms with Crippen molar-refractivity contribution in [3.63, 3.8) is 0 Å². The van der Waals surface area contributed by atoms with Crippen LogP contribution >= 0.6 is 0 Å². The molecule has 0 unspecified atom stereocenters. The highest BCUT2D eigenvalue weighted by atomic mass is 16.6. The van der Waals surface area contributed by atoms with E-state index in [1.165, 1.54) is 6.07 Å². The number of ether oxygens (including phenoxy) is 2. The number of benzene rings is 1. The van der Waals surface area contributed by atoms with Gasteiger partial charge in [0.05, 0.1) is 24.2 Å². The second-order valence-electron chi connectivity index (χ2n) is 4.79. The van der Waals surface area contributed by atoms with Crippen LogP contribution < -0.4 is 15.2 Å². The Morgan fingerprint density at radius 2 is 1.67 bits per heavy atom. The SMILES string of the molecule is CCCCOc1cc([N+](=O)[O-])c(OCCCC)cc1CN. The summed E-state index contributed by atoms with van der Waals surface area (Å²) < 4.78 is 11.1. The number of nitro groups is 1. The maximum Gasteiger partial charge on any atom is 0.314 e. The summed E-state index contributed by atoms with van der Waals surface area (Å²) in [5, 5.41) is 11.2. The van der Waals surface area contributed by atoms with Gasteiger partial charge < -0.3 is 15.2 Å². The zero-order valence-corrected chi connectivity index (χ0v) is 12.8. The molecule has 0 aromatic heterocycles. The fourth-order valence-electron chi connectivity index (χ4n) is 1.80. The normalized spacial score (nSPS) is 10.4. The Hall–Kier alpha value is -1.82. The summed E-state index contributed by atoms with van der Waals surface area (Å²) >= 11 is 0. The molecule has 0 heterocycles. The Bertz CT molecular complexity index is 463. The summed E-state index contributed by atoms with van der Waals surface area (Å²) in [7, 11) is 0. The molecule has 6 heteroatoms. The van der Waals surface area contributed by atoms with E-state index in [0.717, 1.165) is 31.2 Å². The van der Waals surface area contributed by atoms with E-state index in [-0.39, 0.29) is 18.0 Å². The molecule has 0 bridgehead atoms. The average molecular weight is 296 g/mol. The second-order valence-corrected chi connectivity index (χ2v) is 4.79. The molecule has 0 aliphatic rings. The molecular formula is C15H24N2O4. The fourth-order valence-corrected chi connectivity index (χ4v) is 1.80. The maximum atomic E-state index is 11.2. The number of nitrogens with zero attached hydrogens (tertiary/aromatic N) is 1. The van der Waals surface area contributed by atoms with Crippen molar-refractivity contribution in [3.8, 4) is 11.5 Å². The van der Waals surface area contributed by atoms with Crippen molar-refractivity contribution in [3.05, 3.63) is 27.8 Å². The van der Waals surface area contributed by atoms with Crippen LogP contribution in [-0.2, 0) is 6.54 Å². The van der Waals surface area contributed by atoms with Gasteiger partial charge in [-0.15, -0.1) is 0 Å². The Kier molecular flexibility index (Phi) is 7.53. The number of rotatable bonds is 10. The highest BCUT2D eigenvalue weighted by Gasteiger charge is 2.20. The summed E-state index contributed by atoms with van der Waals surface area (Å²) in [6, 6.07) is 3.04. The monoisotopic (exact) mass is 296 g/mol. The van der Waals surface area contributed by atoms with Crippen LogP contribution in [0.15, 0.2) is 12.1 Å². The highest BCUT2D eigenvalue weighted by molar-refractivity contribution is 5.55. The first kappa shape index (κ1) is 17.2. The van der Waals surface area contributed by atoms with Gasteiger partial charge in [-0.3, -0.25) is 10.1 Å². The first-order chi connectivity index (χ1) is 10.1. The standard InChI is InChI=1S/C15H24N2O4/c1-3-5-7-20-14-10-13(17(18)19)15(9-12(14)11-16)21-8-6-4-2/h9-10H,3-8,11,16H2,1-2H3. The lowest BCUT2D eigenvalue weighted by molar-refractivity contribution is -0.386. The fraction of sp³-hybridized carbons (Fsp3) is 0.600. The van der Waals surface area contributed by atoms with Crippen LogP contribution in [0.3, 0.4) is 0 Å². The third-order valence-corrected chi connectivity index (χ3v) is 3.07. The van der Waals surface area contributed by atoms with Gasteiger partial charge in [0, 0.05) is 12.1 Å². The van der Waals surface area contributed by atoms with Crippen LogP contribution in [0.4, 0.5) is 5.69 Å². The summed E-state index contributed by atoms with van der Waals surface area (Å²) in [5.74, 6) is 0.734. The highest BCUT2D eigenvalue weighted by Crippen LogP contribution is 2.34. The predicted molar refractivity (Wildman–Crippen MR) is 81.8 cm³/mol. The van der Waals surface area contributed by atoms with Gasteiger partial charge in [0.1, 0.15) is 5.75 Å². The van der Waals surface area contributed by atoms with Gasteiger partial charge in [-0.2, -0.15) is 0 Å². The van der Waals surface area contributed by atoms with Crippen LogP contribution in [0.25, 0.3) is 0 Å². The van der Waals surface area contributed by atoms with Gasteiger partial charge in [0.15, 0.2) is 5.75 Å². The van der Waals surface area contributed by atoms with Crippen molar-refractivity contribution < 1.29 is 14.4 Å². The van der Waals surface area contributed by atoms with Gasteiger partial charge in [-0.1, -0.05) is 26.7 Å². The Morgan fingerprint density at radius 3 is 2.14 bits per heavy atom. The van der Waals surface area contributed by atoms with Crippen LogP contribution in [0.5, 0.6) is 11.5 Å². The van der Waals surface area contributed by atoms with Crippen molar-refractivity contribution in [2.75, 3.05) is 13.2 Å². The number of nitro benzene ring substituents is 1. The lowest BCUT2D eigenvalue weighted by Gasteiger charge is -2.13. The van der Waals surface area contributed by atoms with Crippen molar-refractivity contribution in [2.45, 2.75) is 46.1 Å². The zero-order valence-electron chi connectivity index (χ0n) is 12.8. The molecule has 0 saturated carbocycles. The minimum atomic E-state index is -0.450. The molecular weight excluding hydrogens is 272 g/mol. The Balaban J connectivity index is 2.99. The molecule has 1 rings (SSSR count). The molecule has 21 heavy (non-hydrogen) atoms. The topological polar surface area (TPSA) is 87.6 Å². The molecule has 2 N–H and O–H groups in total. The molecule has 6 nitrogen and oxygen atoms in total. The van der Waals surface area contributed by atoms with Gasteiger partial charge in [0.2, 0.25) is 0 Å². The smallest absolute Gasteiger partial charge is 0.314 e. The van der Waals surface area contributed by atoms with Crippen LogP contribution in [0.2, 0.25) is 0 Å². The molecule has 1 aromatic rings. The minimum Gasteiger partial charge on any atom is -0.493 e. The molecule has 1 aromatic carbocycles. The van der Waals surface area contributed by atoms with E-state index in [4.69, 9.17) is 15.2 Å². The first-order valence-electron chi connectivity index (χ1n) is 7.41. The quantitative estimate of drug-likeness (QED) is 0.406. The molecule has 0 atom stereocenters. The third kappa shape index (κ3) is 5.23. The van der Waals surface area contributed by atoms with Crippen LogP contribution in [-0.4, -0.2) is 18.1 Å².